The Hall–Kier alpha value is -0.100. The van der Waals surface area contributed by atoms with Gasteiger partial charge in [-0.05, 0) is 49.7 Å². The van der Waals surface area contributed by atoms with Crippen LogP contribution in [-0.2, 0) is 4.74 Å². The second-order valence-corrected chi connectivity index (χ2v) is 7.79. The summed E-state index contributed by atoms with van der Waals surface area (Å²) in [6, 6.07) is 0.404. The third-order valence-corrected chi connectivity index (χ3v) is 6.19. The van der Waals surface area contributed by atoms with Crippen LogP contribution in [0.1, 0.15) is 44.3 Å². The molecule has 2 aliphatic rings. The first-order valence-electron chi connectivity index (χ1n) is 7.66. The SMILES string of the molecule is CCNC(c1cscn1)C1CCOC2(CCSCC2)C1. The fraction of sp³-hybridized carbons (Fsp3) is 0.800. The summed E-state index contributed by atoms with van der Waals surface area (Å²) in [5.41, 5.74) is 3.34. The summed E-state index contributed by atoms with van der Waals surface area (Å²) in [5.74, 6) is 3.18. The number of aromatic nitrogens is 1. The van der Waals surface area contributed by atoms with E-state index in [0.29, 0.717) is 12.0 Å². The van der Waals surface area contributed by atoms with E-state index in [9.17, 15) is 0 Å². The van der Waals surface area contributed by atoms with Crippen LogP contribution in [0, 0.1) is 5.92 Å². The zero-order valence-corrected chi connectivity index (χ0v) is 13.8. The largest absolute Gasteiger partial charge is 0.375 e. The molecule has 2 aliphatic heterocycles. The van der Waals surface area contributed by atoms with E-state index >= 15 is 0 Å². The topological polar surface area (TPSA) is 34.2 Å². The molecule has 1 aromatic rings. The number of ether oxygens (including phenoxy) is 1. The summed E-state index contributed by atoms with van der Waals surface area (Å²) in [4.78, 5) is 4.56. The van der Waals surface area contributed by atoms with Gasteiger partial charge in [-0.1, -0.05) is 6.92 Å². The molecule has 2 saturated heterocycles. The quantitative estimate of drug-likeness (QED) is 0.923. The van der Waals surface area contributed by atoms with Gasteiger partial charge in [-0.25, -0.2) is 4.98 Å². The maximum absolute atomic E-state index is 6.22. The van der Waals surface area contributed by atoms with E-state index in [1.807, 2.05) is 5.51 Å². The first-order chi connectivity index (χ1) is 9.83. The van der Waals surface area contributed by atoms with Crippen molar-refractivity contribution in [1.29, 1.82) is 0 Å². The lowest BCUT2D eigenvalue weighted by atomic mass is 9.78. The van der Waals surface area contributed by atoms with Crippen LogP contribution in [0.4, 0.5) is 0 Å². The number of nitrogens with zero attached hydrogens (tertiary/aromatic N) is 1. The van der Waals surface area contributed by atoms with Crippen LogP contribution in [0.3, 0.4) is 0 Å². The Bertz CT molecular complexity index is 399. The van der Waals surface area contributed by atoms with E-state index in [4.69, 9.17) is 4.74 Å². The van der Waals surface area contributed by atoms with Gasteiger partial charge in [0.25, 0.3) is 0 Å². The smallest absolute Gasteiger partial charge is 0.0795 e. The number of thioether (sulfide) groups is 1. The molecule has 0 aliphatic carbocycles. The molecule has 3 heterocycles. The molecule has 2 unspecified atom stereocenters. The molecule has 2 fully saturated rings. The van der Waals surface area contributed by atoms with Gasteiger partial charge in [-0.3, -0.25) is 0 Å². The molecule has 0 amide bonds. The molecule has 112 valence electrons. The van der Waals surface area contributed by atoms with Crippen molar-refractivity contribution in [2.24, 2.45) is 5.92 Å². The molecule has 0 saturated carbocycles. The lowest BCUT2D eigenvalue weighted by molar-refractivity contribution is -0.107. The Morgan fingerprint density at radius 3 is 3.05 bits per heavy atom. The molecular formula is C15H24N2OS2. The average Bonchev–Trinajstić information content (AvgIpc) is 2.99. The molecule has 2 atom stereocenters. The highest BCUT2D eigenvalue weighted by molar-refractivity contribution is 7.99. The van der Waals surface area contributed by atoms with E-state index in [-0.39, 0.29) is 5.60 Å². The molecule has 3 nitrogen and oxygen atoms in total. The molecule has 0 radical (unpaired) electrons. The van der Waals surface area contributed by atoms with Crippen LogP contribution in [0.25, 0.3) is 0 Å². The Balaban J connectivity index is 1.73. The lowest BCUT2D eigenvalue weighted by Gasteiger charge is -2.45. The highest BCUT2D eigenvalue weighted by Gasteiger charge is 2.41. The van der Waals surface area contributed by atoms with Crippen LogP contribution in [0.5, 0.6) is 0 Å². The fourth-order valence-electron chi connectivity index (χ4n) is 3.55. The van der Waals surface area contributed by atoms with Gasteiger partial charge in [-0.2, -0.15) is 11.8 Å². The third-order valence-electron chi connectivity index (χ3n) is 4.60. The summed E-state index contributed by atoms with van der Waals surface area (Å²) in [5, 5.41) is 5.86. The van der Waals surface area contributed by atoms with Crippen molar-refractivity contribution < 1.29 is 4.74 Å². The molecule has 1 aromatic heterocycles. The Morgan fingerprint density at radius 1 is 1.50 bits per heavy atom. The number of hydrogen-bond donors (Lipinski definition) is 1. The summed E-state index contributed by atoms with van der Waals surface area (Å²) in [6.07, 6.45) is 4.81. The standard InChI is InChI=1S/C15H24N2OS2/c1-2-16-14(13-10-20-11-17-13)12-3-6-18-15(9-12)4-7-19-8-5-15/h10-12,14,16H,2-9H2,1H3. The number of thiazole rings is 1. The summed E-state index contributed by atoms with van der Waals surface area (Å²) in [6.45, 7) is 4.11. The minimum atomic E-state index is 0.165. The highest BCUT2D eigenvalue weighted by Crippen LogP contribution is 2.43. The fourth-order valence-corrected chi connectivity index (χ4v) is 5.38. The van der Waals surface area contributed by atoms with Gasteiger partial charge in [-0.15, -0.1) is 11.3 Å². The second kappa shape index (κ2) is 6.77. The minimum absolute atomic E-state index is 0.165. The third kappa shape index (κ3) is 3.21. The van der Waals surface area contributed by atoms with Gasteiger partial charge in [0.05, 0.1) is 22.8 Å². The van der Waals surface area contributed by atoms with Crippen molar-refractivity contribution >= 4 is 23.1 Å². The molecule has 0 bridgehead atoms. The Kier molecular flexibility index (Phi) is 5.02. The van der Waals surface area contributed by atoms with Gasteiger partial charge in [0.1, 0.15) is 0 Å². The molecule has 5 heteroatoms. The predicted octanol–water partition coefficient (Wildman–Crippen LogP) is 3.49. The Morgan fingerprint density at radius 2 is 2.35 bits per heavy atom. The van der Waals surface area contributed by atoms with E-state index in [1.54, 1.807) is 11.3 Å². The zero-order chi connectivity index (χ0) is 13.8. The molecule has 0 aromatic carbocycles. The van der Waals surface area contributed by atoms with Crippen molar-refractivity contribution in [2.75, 3.05) is 24.7 Å². The number of hydrogen-bond acceptors (Lipinski definition) is 5. The number of nitrogens with one attached hydrogen (secondary N) is 1. The highest BCUT2D eigenvalue weighted by atomic mass is 32.2. The van der Waals surface area contributed by atoms with Crippen molar-refractivity contribution in [1.82, 2.24) is 10.3 Å². The molecule has 1 spiro atoms. The van der Waals surface area contributed by atoms with E-state index in [2.05, 4.69) is 34.4 Å². The van der Waals surface area contributed by atoms with E-state index in [0.717, 1.165) is 19.6 Å². The van der Waals surface area contributed by atoms with Gasteiger partial charge < -0.3 is 10.1 Å². The number of rotatable bonds is 4. The summed E-state index contributed by atoms with van der Waals surface area (Å²) < 4.78 is 6.22. The predicted molar refractivity (Wildman–Crippen MR) is 86.5 cm³/mol. The van der Waals surface area contributed by atoms with E-state index in [1.165, 1.54) is 36.5 Å². The van der Waals surface area contributed by atoms with Gasteiger partial charge in [0.15, 0.2) is 0 Å². The monoisotopic (exact) mass is 312 g/mol. The summed E-state index contributed by atoms with van der Waals surface area (Å²) >= 11 is 3.77. The first-order valence-corrected chi connectivity index (χ1v) is 9.76. The maximum Gasteiger partial charge on any atom is 0.0795 e. The average molecular weight is 313 g/mol. The summed E-state index contributed by atoms with van der Waals surface area (Å²) in [7, 11) is 0. The molecule has 3 rings (SSSR count). The minimum Gasteiger partial charge on any atom is -0.375 e. The van der Waals surface area contributed by atoms with Crippen molar-refractivity contribution in [3.05, 3.63) is 16.6 Å². The zero-order valence-electron chi connectivity index (χ0n) is 12.1. The normalized spacial score (nSPS) is 27.6. The van der Waals surface area contributed by atoms with Crippen molar-refractivity contribution in [3.63, 3.8) is 0 Å². The van der Waals surface area contributed by atoms with Crippen LogP contribution in [0.15, 0.2) is 10.9 Å². The van der Waals surface area contributed by atoms with Crippen molar-refractivity contribution in [3.8, 4) is 0 Å². The van der Waals surface area contributed by atoms with E-state index < -0.39 is 0 Å². The van der Waals surface area contributed by atoms with Crippen LogP contribution in [0.2, 0.25) is 0 Å². The maximum atomic E-state index is 6.22. The van der Waals surface area contributed by atoms with Crippen LogP contribution in [-0.4, -0.2) is 35.2 Å². The Labute approximate surface area is 129 Å². The van der Waals surface area contributed by atoms with Crippen LogP contribution >= 0.6 is 23.1 Å². The molecule has 20 heavy (non-hydrogen) atoms. The second-order valence-electron chi connectivity index (χ2n) is 5.85. The molecule has 1 N–H and O–H groups in total. The van der Waals surface area contributed by atoms with Crippen LogP contribution < -0.4 is 5.32 Å². The first kappa shape index (κ1) is 14.8. The van der Waals surface area contributed by atoms with Gasteiger partial charge >= 0.3 is 0 Å². The van der Waals surface area contributed by atoms with Crippen molar-refractivity contribution in [2.45, 2.75) is 44.2 Å². The molecular weight excluding hydrogens is 288 g/mol. The van der Waals surface area contributed by atoms with Gasteiger partial charge in [0, 0.05) is 12.0 Å². The van der Waals surface area contributed by atoms with Gasteiger partial charge in [0.2, 0.25) is 0 Å². The lowest BCUT2D eigenvalue weighted by Crippen LogP contribution is -2.45.